The molecule has 0 aliphatic carbocycles. The Labute approximate surface area is 168 Å². The second kappa shape index (κ2) is 8.93. The van der Waals surface area contributed by atoms with Crippen LogP contribution in [0.25, 0.3) is 11.1 Å². The van der Waals surface area contributed by atoms with Gasteiger partial charge in [-0.25, -0.2) is 4.79 Å². The largest absolute Gasteiger partial charge is 0.507 e. The summed E-state index contributed by atoms with van der Waals surface area (Å²) < 4.78 is 10.3. The minimum Gasteiger partial charge on any atom is -0.507 e. The van der Waals surface area contributed by atoms with Crippen LogP contribution in [0.2, 0.25) is 0 Å². The van der Waals surface area contributed by atoms with E-state index in [9.17, 15) is 14.7 Å². The van der Waals surface area contributed by atoms with Crippen molar-refractivity contribution in [3.05, 3.63) is 78.4 Å². The maximum atomic E-state index is 12.6. The fourth-order valence-corrected chi connectivity index (χ4v) is 2.78. The van der Waals surface area contributed by atoms with Gasteiger partial charge in [-0.05, 0) is 36.8 Å². The summed E-state index contributed by atoms with van der Waals surface area (Å²) >= 11 is 0. The number of anilines is 1. The van der Waals surface area contributed by atoms with Gasteiger partial charge in [0.25, 0.3) is 5.91 Å². The van der Waals surface area contributed by atoms with Crippen molar-refractivity contribution in [1.82, 2.24) is 0 Å². The molecule has 0 aliphatic heterocycles. The van der Waals surface area contributed by atoms with E-state index >= 15 is 0 Å². The highest BCUT2D eigenvalue weighted by molar-refractivity contribution is 6.00. The molecule has 0 fully saturated rings. The van der Waals surface area contributed by atoms with Crippen LogP contribution in [-0.4, -0.2) is 30.2 Å². The zero-order chi connectivity index (χ0) is 20.8. The zero-order valence-corrected chi connectivity index (χ0v) is 16.1. The van der Waals surface area contributed by atoms with Crippen molar-refractivity contribution in [2.24, 2.45) is 0 Å². The Kier molecular flexibility index (Phi) is 6.14. The van der Waals surface area contributed by atoms with Crippen LogP contribution in [0, 0.1) is 0 Å². The number of ether oxygens (including phenoxy) is 2. The van der Waals surface area contributed by atoms with Gasteiger partial charge in [-0.3, -0.25) is 4.79 Å². The van der Waals surface area contributed by atoms with Crippen molar-refractivity contribution in [2.75, 3.05) is 12.4 Å². The van der Waals surface area contributed by atoms with Gasteiger partial charge in [0.1, 0.15) is 17.1 Å². The van der Waals surface area contributed by atoms with Crippen LogP contribution in [0.1, 0.15) is 17.3 Å². The summed E-state index contributed by atoms with van der Waals surface area (Å²) in [7, 11) is 1.45. The van der Waals surface area contributed by atoms with E-state index in [2.05, 4.69) is 5.32 Å². The van der Waals surface area contributed by atoms with Gasteiger partial charge >= 0.3 is 5.97 Å². The lowest BCUT2D eigenvalue weighted by Gasteiger charge is -2.16. The van der Waals surface area contributed by atoms with Crippen molar-refractivity contribution >= 4 is 17.6 Å². The number of methoxy groups -OCH3 is 1. The highest BCUT2D eigenvalue weighted by Crippen LogP contribution is 2.28. The normalized spacial score (nSPS) is 11.4. The standard InChI is InChI=1S/C23H21NO5/c1-15(29-23(27)19-14-17(28-2)12-13-21(19)25)22(26)24-20-11-7-6-10-18(20)16-8-4-3-5-9-16/h3-15,25H,1-2H3,(H,24,26). The fourth-order valence-electron chi connectivity index (χ4n) is 2.78. The lowest BCUT2D eigenvalue weighted by atomic mass is 10.0. The number of hydrogen-bond donors (Lipinski definition) is 2. The number of amides is 1. The van der Waals surface area contributed by atoms with Crippen molar-refractivity contribution < 1.29 is 24.2 Å². The van der Waals surface area contributed by atoms with Gasteiger partial charge in [0.05, 0.1) is 7.11 Å². The third-order valence-corrected chi connectivity index (χ3v) is 4.35. The first-order valence-corrected chi connectivity index (χ1v) is 9.03. The SMILES string of the molecule is COc1ccc(O)c(C(=O)OC(C)C(=O)Nc2ccccc2-c2ccccc2)c1. The molecule has 0 spiro atoms. The summed E-state index contributed by atoms with van der Waals surface area (Å²) in [5.74, 6) is -1.16. The number of benzene rings is 3. The highest BCUT2D eigenvalue weighted by atomic mass is 16.5. The van der Waals surface area contributed by atoms with Crippen LogP contribution in [0.15, 0.2) is 72.8 Å². The molecule has 2 N–H and O–H groups in total. The number of phenols is 1. The molecule has 0 heterocycles. The molecule has 3 aromatic carbocycles. The Bertz CT molecular complexity index is 1020. The maximum Gasteiger partial charge on any atom is 0.342 e. The molecule has 0 radical (unpaired) electrons. The van der Waals surface area contributed by atoms with Crippen LogP contribution < -0.4 is 10.1 Å². The summed E-state index contributed by atoms with van der Waals surface area (Å²) in [4.78, 5) is 25.0. The molecule has 0 aromatic heterocycles. The topological polar surface area (TPSA) is 84.9 Å². The van der Waals surface area contributed by atoms with E-state index < -0.39 is 18.0 Å². The van der Waals surface area contributed by atoms with Gasteiger partial charge in [0.2, 0.25) is 0 Å². The van der Waals surface area contributed by atoms with E-state index in [0.717, 1.165) is 11.1 Å². The number of esters is 1. The van der Waals surface area contributed by atoms with E-state index in [1.165, 1.54) is 32.2 Å². The van der Waals surface area contributed by atoms with E-state index in [1.807, 2.05) is 48.5 Å². The molecular formula is C23H21NO5. The summed E-state index contributed by atoms with van der Waals surface area (Å²) in [5, 5.41) is 12.7. The van der Waals surface area contributed by atoms with E-state index in [1.54, 1.807) is 6.07 Å². The third-order valence-electron chi connectivity index (χ3n) is 4.35. The number of aromatic hydroxyl groups is 1. The van der Waals surface area contributed by atoms with E-state index in [4.69, 9.17) is 9.47 Å². The molecule has 1 unspecified atom stereocenters. The van der Waals surface area contributed by atoms with Crippen molar-refractivity contribution in [3.63, 3.8) is 0 Å². The number of carbonyl (C=O) groups excluding carboxylic acids is 2. The molecule has 1 amide bonds. The minimum absolute atomic E-state index is 0.0753. The summed E-state index contributed by atoms with van der Waals surface area (Å²) in [6.45, 7) is 1.47. The Hall–Kier alpha value is -3.80. The third kappa shape index (κ3) is 4.73. The minimum atomic E-state index is -1.07. The quantitative estimate of drug-likeness (QED) is 0.614. The molecule has 3 aromatic rings. The Morgan fingerprint density at radius 1 is 0.966 bits per heavy atom. The number of carbonyl (C=O) groups is 2. The van der Waals surface area contributed by atoms with Crippen molar-refractivity contribution in [3.8, 4) is 22.6 Å². The number of para-hydroxylation sites is 1. The van der Waals surface area contributed by atoms with Crippen LogP contribution in [0.4, 0.5) is 5.69 Å². The number of phenolic OH excluding ortho intramolecular Hbond substituents is 1. The van der Waals surface area contributed by atoms with Gasteiger partial charge in [-0.2, -0.15) is 0 Å². The smallest absolute Gasteiger partial charge is 0.342 e. The van der Waals surface area contributed by atoms with Gasteiger partial charge in [0, 0.05) is 11.3 Å². The van der Waals surface area contributed by atoms with Crippen LogP contribution in [-0.2, 0) is 9.53 Å². The fraction of sp³-hybridized carbons (Fsp3) is 0.130. The summed E-state index contributed by atoms with van der Waals surface area (Å²) in [6.07, 6.45) is -1.07. The molecule has 0 aliphatic rings. The maximum absolute atomic E-state index is 12.6. The van der Waals surface area contributed by atoms with Gasteiger partial charge < -0.3 is 19.9 Å². The summed E-state index contributed by atoms with van der Waals surface area (Å²) in [5.41, 5.74) is 2.34. The molecule has 0 saturated heterocycles. The Morgan fingerprint density at radius 2 is 1.66 bits per heavy atom. The summed E-state index contributed by atoms with van der Waals surface area (Å²) in [6, 6.07) is 21.2. The molecule has 0 saturated carbocycles. The molecule has 1 atom stereocenters. The number of rotatable bonds is 6. The molecule has 6 nitrogen and oxygen atoms in total. The monoisotopic (exact) mass is 391 g/mol. The molecule has 0 bridgehead atoms. The predicted molar refractivity (Wildman–Crippen MR) is 110 cm³/mol. The molecule has 29 heavy (non-hydrogen) atoms. The van der Waals surface area contributed by atoms with Crippen molar-refractivity contribution in [1.29, 1.82) is 0 Å². The van der Waals surface area contributed by atoms with Gasteiger partial charge in [0.15, 0.2) is 6.10 Å². The molecular weight excluding hydrogens is 370 g/mol. The van der Waals surface area contributed by atoms with E-state index in [-0.39, 0.29) is 11.3 Å². The Morgan fingerprint density at radius 3 is 2.38 bits per heavy atom. The molecule has 148 valence electrons. The zero-order valence-electron chi connectivity index (χ0n) is 16.1. The van der Waals surface area contributed by atoms with Gasteiger partial charge in [-0.1, -0.05) is 48.5 Å². The first-order chi connectivity index (χ1) is 14.0. The van der Waals surface area contributed by atoms with Crippen LogP contribution in [0.3, 0.4) is 0 Å². The number of nitrogens with one attached hydrogen (secondary N) is 1. The molecule has 3 rings (SSSR count). The second-order valence-electron chi connectivity index (χ2n) is 6.33. The average Bonchev–Trinajstić information content (AvgIpc) is 2.75. The van der Waals surface area contributed by atoms with Crippen LogP contribution >= 0.6 is 0 Å². The van der Waals surface area contributed by atoms with Gasteiger partial charge in [-0.15, -0.1) is 0 Å². The van der Waals surface area contributed by atoms with E-state index in [0.29, 0.717) is 11.4 Å². The lowest BCUT2D eigenvalue weighted by molar-refractivity contribution is -0.123. The second-order valence-corrected chi connectivity index (χ2v) is 6.33. The predicted octanol–water partition coefficient (Wildman–Crippen LogP) is 4.25. The Balaban J connectivity index is 1.73. The number of hydrogen-bond acceptors (Lipinski definition) is 5. The van der Waals surface area contributed by atoms with Crippen molar-refractivity contribution in [2.45, 2.75) is 13.0 Å². The highest BCUT2D eigenvalue weighted by Gasteiger charge is 2.22. The lowest BCUT2D eigenvalue weighted by Crippen LogP contribution is -2.30. The first-order valence-electron chi connectivity index (χ1n) is 9.03. The average molecular weight is 391 g/mol. The van der Waals surface area contributed by atoms with Crippen LogP contribution in [0.5, 0.6) is 11.5 Å². The molecule has 6 heteroatoms. The first kappa shape index (κ1) is 19.9.